The van der Waals surface area contributed by atoms with E-state index in [2.05, 4.69) is 32.9 Å². The summed E-state index contributed by atoms with van der Waals surface area (Å²) in [7, 11) is 3.04. The zero-order chi connectivity index (χ0) is 17.8. The lowest BCUT2D eigenvalue weighted by molar-refractivity contribution is 0.102. The molecule has 0 saturated carbocycles. The first-order valence-corrected chi connectivity index (χ1v) is 9.32. The Morgan fingerprint density at radius 3 is 2.32 bits per heavy atom. The molecule has 5 nitrogen and oxygen atoms in total. The van der Waals surface area contributed by atoms with E-state index in [1.54, 1.807) is 18.2 Å². The van der Waals surface area contributed by atoms with Gasteiger partial charge in [0.15, 0.2) is 5.13 Å². The van der Waals surface area contributed by atoms with Crippen molar-refractivity contribution in [2.24, 2.45) is 0 Å². The van der Waals surface area contributed by atoms with Crippen LogP contribution in [0.2, 0.25) is 0 Å². The van der Waals surface area contributed by atoms with Crippen LogP contribution in [0, 0.1) is 3.57 Å². The van der Waals surface area contributed by atoms with E-state index in [1.165, 1.54) is 25.6 Å². The van der Waals surface area contributed by atoms with Crippen molar-refractivity contribution in [2.45, 2.75) is 0 Å². The molecule has 1 amide bonds. The molecule has 0 saturated heterocycles. The Bertz CT molecular complexity index is 871. The molecule has 1 heterocycles. The highest BCUT2D eigenvalue weighted by Gasteiger charge is 2.19. The average Bonchev–Trinajstić information content (AvgIpc) is 3.09. The Hall–Kier alpha value is -2.13. The predicted octanol–water partition coefficient (Wildman–Crippen LogP) is 4.68. The number of halogens is 1. The molecule has 1 N–H and O–H groups in total. The number of hydrogen-bond acceptors (Lipinski definition) is 5. The fourth-order valence-electron chi connectivity index (χ4n) is 2.32. The third kappa shape index (κ3) is 3.93. The van der Waals surface area contributed by atoms with Crippen LogP contribution in [0.1, 0.15) is 10.4 Å². The highest BCUT2D eigenvalue weighted by Crippen LogP contribution is 2.30. The quantitative estimate of drug-likeness (QED) is 0.555. The van der Waals surface area contributed by atoms with Gasteiger partial charge in [-0.05, 0) is 46.9 Å². The van der Waals surface area contributed by atoms with Gasteiger partial charge in [-0.15, -0.1) is 11.3 Å². The second kappa shape index (κ2) is 7.83. The van der Waals surface area contributed by atoms with Crippen molar-refractivity contribution in [1.29, 1.82) is 0 Å². The second-order valence-corrected chi connectivity index (χ2v) is 7.14. The molecule has 25 heavy (non-hydrogen) atoms. The Morgan fingerprint density at radius 2 is 1.72 bits per heavy atom. The second-order valence-electron chi connectivity index (χ2n) is 5.04. The monoisotopic (exact) mass is 466 g/mol. The van der Waals surface area contributed by atoms with Crippen molar-refractivity contribution in [3.05, 3.63) is 57.0 Å². The molecule has 0 spiro atoms. The van der Waals surface area contributed by atoms with Crippen LogP contribution < -0.4 is 14.8 Å². The predicted molar refractivity (Wildman–Crippen MR) is 108 cm³/mol. The van der Waals surface area contributed by atoms with E-state index in [1.807, 2.05) is 29.6 Å². The maximum atomic E-state index is 12.7. The summed E-state index contributed by atoms with van der Waals surface area (Å²) in [5, 5.41) is 5.25. The summed E-state index contributed by atoms with van der Waals surface area (Å²) < 4.78 is 11.7. The van der Waals surface area contributed by atoms with Gasteiger partial charge in [0.1, 0.15) is 17.1 Å². The Balaban J connectivity index is 1.84. The molecule has 7 heteroatoms. The lowest BCUT2D eigenvalue weighted by Gasteiger charge is -2.11. The van der Waals surface area contributed by atoms with Crippen LogP contribution in [0.4, 0.5) is 5.13 Å². The van der Waals surface area contributed by atoms with E-state index in [4.69, 9.17) is 9.47 Å². The van der Waals surface area contributed by atoms with Crippen LogP contribution in [0.15, 0.2) is 47.8 Å². The first kappa shape index (κ1) is 17.7. The van der Waals surface area contributed by atoms with Gasteiger partial charge in [-0.25, -0.2) is 4.98 Å². The molecule has 0 atom stereocenters. The van der Waals surface area contributed by atoms with Crippen LogP contribution in [-0.4, -0.2) is 25.1 Å². The van der Waals surface area contributed by atoms with Crippen LogP contribution in [0.5, 0.6) is 11.5 Å². The lowest BCUT2D eigenvalue weighted by Crippen LogP contribution is -2.14. The minimum atomic E-state index is -0.321. The molecule has 0 aliphatic rings. The highest BCUT2D eigenvalue weighted by atomic mass is 127. The van der Waals surface area contributed by atoms with Gasteiger partial charge < -0.3 is 9.47 Å². The Kier molecular flexibility index (Phi) is 5.54. The number of benzene rings is 2. The molecule has 3 rings (SSSR count). The molecule has 0 fully saturated rings. The van der Waals surface area contributed by atoms with Gasteiger partial charge in [0, 0.05) is 14.5 Å². The smallest absolute Gasteiger partial charge is 0.265 e. The van der Waals surface area contributed by atoms with Crippen molar-refractivity contribution in [1.82, 2.24) is 4.98 Å². The molecular formula is C18H15IN2O3S. The molecule has 0 aliphatic carbocycles. The number of hydrogen-bond donors (Lipinski definition) is 1. The van der Waals surface area contributed by atoms with Crippen LogP contribution in [0.3, 0.4) is 0 Å². The summed E-state index contributed by atoms with van der Waals surface area (Å²) >= 11 is 3.63. The van der Waals surface area contributed by atoms with Gasteiger partial charge in [-0.1, -0.05) is 18.2 Å². The molecule has 3 aromatic rings. The van der Waals surface area contributed by atoms with E-state index in [-0.39, 0.29) is 5.91 Å². The number of rotatable bonds is 5. The Labute approximate surface area is 163 Å². The molecule has 2 aromatic carbocycles. The number of methoxy groups -OCH3 is 2. The van der Waals surface area contributed by atoms with Gasteiger partial charge >= 0.3 is 0 Å². The number of thiazole rings is 1. The highest BCUT2D eigenvalue weighted by molar-refractivity contribution is 14.1. The zero-order valence-electron chi connectivity index (χ0n) is 13.6. The fraction of sp³-hybridized carbons (Fsp3) is 0.111. The van der Waals surface area contributed by atoms with Crippen LogP contribution in [0.25, 0.3) is 11.3 Å². The summed E-state index contributed by atoms with van der Waals surface area (Å²) in [6.45, 7) is 0. The number of anilines is 1. The summed E-state index contributed by atoms with van der Waals surface area (Å²) in [5.41, 5.74) is 2.18. The molecule has 1 aromatic heterocycles. The van der Waals surface area contributed by atoms with Gasteiger partial charge in [-0.3, -0.25) is 10.1 Å². The molecule has 0 unspecified atom stereocenters. The topological polar surface area (TPSA) is 60.5 Å². The molecule has 128 valence electrons. The average molecular weight is 466 g/mol. The lowest BCUT2D eigenvalue weighted by atomic mass is 10.1. The summed E-state index contributed by atoms with van der Waals surface area (Å²) in [6, 6.07) is 13.3. The van der Waals surface area contributed by atoms with E-state index >= 15 is 0 Å². The summed E-state index contributed by atoms with van der Waals surface area (Å²) in [4.78, 5) is 17.1. The maximum absolute atomic E-state index is 12.7. The van der Waals surface area contributed by atoms with Crippen molar-refractivity contribution < 1.29 is 14.3 Å². The maximum Gasteiger partial charge on any atom is 0.265 e. The molecule has 0 aliphatic heterocycles. The van der Waals surface area contributed by atoms with Crippen molar-refractivity contribution >= 4 is 45.0 Å². The first-order chi connectivity index (χ1) is 12.1. The van der Waals surface area contributed by atoms with E-state index in [9.17, 15) is 4.79 Å². The third-order valence-corrected chi connectivity index (χ3v) is 5.00. The van der Waals surface area contributed by atoms with E-state index in [0.717, 1.165) is 14.8 Å². The van der Waals surface area contributed by atoms with Crippen molar-refractivity contribution in [3.63, 3.8) is 0 Å². The number of nitrogens with one attached hydrogen (secondary N) is 1. The molecule has 0 bridgehead atoms. The zero-order valence-corrected chi connectivity index (χ0v) is 16.6. The number of carbonyl (C=O) groups is 1. The summed E-state index contributed by atoms with van der Waals surface area (Å²) in [6.07, 6.45) is 0. The summed E-state index contributed by atoms with van der Waals surface area (Å²) in [5.74, 6) is 0.579. The molecular weight excluding hydrogens is 451 g/mol. The van der Waals surface area contributed by atoms with Crippen LogP contribution >= 0.6 is 33.9 Å². The van der Waals surface area contributed by atoms with Crippen molar-refractivity contribution in [2.75, 3.05) is 19.5 Å². The normalized spacial score (nSPS) is 10.4. The minimum Gasteiger partial charge on any atom is -0.496 e. The van der Waals surface area contributed by atoms with Gasteiger partial charge in [0.25, 0.3) is 5.91 Å². The number of ether oxygens (including phenoxy) is 2. The number of nitrogens with zero attached hydrogens (tertiary/aromatic N) is 1. The Morgan fingerprint density at radius 1 is 1.08 bits per heavy atom. The largest absolute Gasteiger partial charge is 0.496 e. The fourth-order valence-corrected chi connectivity index (χ4v) is 3.39. The van der Waals surface area contributed by atoms with Crippen LogP contribution in [-0.2, 0) is 0 Å². The minimum absolute atomic E-state index is 0.321. The number of carbonyl (C=O) groups excluding carboxylic acids is 1. The van der Waals surface area contributed by atoms with E-state index in [0.29, 0.717) is 22.2 Å². The van der Waals surface area contributed by atoms with Gasteiger partial charge in [0.2, 0.25) is 0 Å². The van der Waals surface area contributed by atoms with Crippen molar-refractivity contribution in [3.8, 4) is 22.8 Å². The number of aromatic nitrogens is 1. The van der Waals surface area contributed by atoms with E-state index < -0.39 is 0 Å². The van der Waals surface area contributed by atoms with Gasteiger partial charge in [-0.2, -0.15) is 0 Å². The standard InChI is InChI=1S/C18H15IN2O3S/c1-23-14-4-3-5-15(24-2)16(14)17(22)21-18-20-13(10-25-18)11-6-8-12(19)9-7-11/h3-10H,1-2H3,(H,20,21,22). The molecule has 0 radical (unpaired) electrons. The van der Waals surface area contributed by atoms with Gasteiger partial charge in [0.05, 0.1) is 19.9 Å². The third-order valence-electron chi connectivity index (χ3n) is 3.52. The SMILES string of the molecule is COc1cccc(OC)c1C(=O)Nc1nc(-c2ccc(I)cc2)cs1. The number of amides is 1. The first-order valence-electron chi connectivity index (χ1n) is 7.36.